The second-order valence-corrected chi connectivity index (χ2v) is 15.0. The summed E-state index contributed by atoms with van der Waals surface area (Å²) in [6.45, 7) is 2.67. The van der Waals surface area contributed by atoms with Crippen LogP contribution in [0.2, 0.25) is 0 Å². The van der Waals surface area contributed by atoms with Crippen molar-refractivity contribution in [2.24, 2.45) is 0 Å². The fourth-order valence-corrected chi connectivity index (χ4v) is 8.82. The van der Waals surface area contributed by atoms with E-state index in [9.17, 15) is 9.46 Å². The molecule has 0 saturated heterocycles. The number of halogens is 1. The van der Waals surface area contributed by atoms with Crippen LogP contribution in [0.4, 0.5) is 0 Å². The monoisotopic (exact) mass is 794 g/mol. The molecular weight excluding hydrogens is 757 g/mol. The van der Waals surface area contributed by atoms with Crippen LogP contribution >= 0.6 is 24.0 Å². The quantitative estimate of drug-likeness (QED) is 0.0921. The molecule has 0 aliphatic rings. The molecule has 8 aromatic rings. The van der Waals surface area contributed by atoms with E-state index in [-0.39, 0.29) is 6.16 Å². The predicted octanol–water partition coefficient (Wildman–Crippen LogP) is 9.71. The molecule has 9 nitrogen and oxygen atoms in total. The fourth-order valence-electron chi connectivity index (χ4n) is 7.47. The lowest BCUT2D eigenvalue weighted by molar-refractivity contribution is 0.396. The molecule has 0 radical (unpaired) electrons. The number of nitrogens with zero attached hydrogens (tertiary/aromatic N) is 7. The van der Waals surface area contributed by atoms with Gasteiger partial charge < -0.3 is 9.13 Å². The number of fused-ring (bicyclic) bond motifs is 1. The van der Waals surface area contributed by atoms with Crippen molar-refractivity contribution in [3.05, 3.63) is 184 Å². The van der Waals surface area contributed by atoms with Gasteiger partial charge >= 0.3 is 8.03 Å². The number of benzene rings is 5. The summed E-state index contributed by atoms with van der Waals surface area (Å²) in [6, 6.07) is 47.5. The Morgan fingerprint density at radius 3 is 2.04 bits per heavy atom. The van der Waals surface area contributed by atoms with Crippen molar-refractivity contribution in [2.45, 2.75) is 44.4 Å². The van der Waals surface area contributed by atoms with E-state index in [1.54, 1.807) is 4.80 Å². The van der Waals surface area contributed by atoms with Crippen molar-refractivity contribution in [2.75, 3.05) is 0 Å². The molecule has 3 aromatic heterocycles. The molecule has 268 valence electrons. The van der Waals surface area contributed by atoms with Gasteiger partial charge in [-0.1, -0.05) is 129 Å². The van der Waals surface area contributed by atoms with Gasteiger partial charge in [0.25, 0.3) is 0 Å². The van der Waals surface area contributed by atoms with E-state index in [1.165, 1.54) is 0 Å². The Kier molecular flexibility index (Phi) is 10.1. The van der Waals surface area contributed by atoms with E-state index in [1.807, 2.05) is 72.8 Å². The average molecular weight is 796 g/mol. The zero-order valence-corrected chi connectivity index (χ0v) is 32.2. The van der Waals surface area contributed by atoms with E-state index >= 15 is 0 Å². The van der Waals surface area contributed by atoms with Gasteiger partial charge in [0.05, 0.1) is 11.2 Å². The van der Waals surface area contributed by atoms with Gasteiger partial charge in [-0.2, -0.15) is 4.89 Å². The zero-order valence-electron chi connectivity index (χ0n) is 29.7. The molecule has 54 heavy (non-hydrogen) atoms. The highest BCUT2D eigenvalue weighted by Crippen LogP contribution is 2.40. The molecule has 0 spiro atoms. The topological polar surface area (TPSA) is 104 Å². The van der Waals surface area contributed by atoms with Crippen LogP contribution in [0, 0.1) is 0 Å². The first-order valence-electron chi connectivity index (χ1n) is 18.0. The van der Waals surface area contributed by atoms with Crippen molar-refractivity contribution in [1.29, 1.82) is 0 Å². The molecule has 3 heterocycles. The Hall–Kier alpha value is -5.54. The van der Waals surface area contributed by atoms with Crippen LogP contribution in [0.3, 0.4) is 0 Å². The molecule has 1 atom stereocenters. The van der Waals surface area contributed by atoms with Gasteiger partial charge in [0.1, 0.15) is 16.1 Å². The third-order valence-corrected chi connectivity index (χ3v) is 11.2. The Morgan fingerprint density at radius 1 is 0.778 bits per heavy atom. The first-order chi connectivity index (χ1) is 26.5. The molecule has 5 aromatic carbocycles. The SMILES string of the molecule is CCCCc1nc(Br)c(C[P+](=O)O)n1Cc1cccc2c1ccn2-c1ccccc1-c1nnn(C(c2ccccc2)(c2ccccc2)c2ccccc2)n1. The van der Waals surface area contributed by atoms with Crippen LogP contribution in [0.1, 0.15) is 53.5 Å². The number of imidazole rings is 1. The second kappa shape index (κ2) is 15.4. The van der Waals surface area contributed by atoms with Crippen LogP contribution < -0.4 is 0 Å². The van der Waals surface area contributed by atoms with Crippen LogP contribution in [0.15, 0.2) is 150 Å². The van der Waals surface area contributed by atoms with E-state index in [0.29, 0.717) is 17.0 Å². The molecule has 0 saturated carbocycles. The molecular formula is C43H38BrN7O2P+. The second-order valence-electron chi connectivity index (χ2n) is 13.2. The summed E-state index contributed by atoms with van der Waals surface area (Å²) in [6.07, 6.45) is 4.91. The van der Waals surface area contributed by atoms with Crippen molar-refractivity contribution in [3.63, 3.8) is 0 Å². The summed E-state index contributed by atoms with van der Waals surface area (Å²) < 4.78 is 16.9. The van der Waals surface area contributed by atoms with Crippen LogP contribution in [-0.2, 0) is 29.2 Å². The highest BCUT2D eigenvalue weighted by Gasteiger charge is 2.41. The van der Waals surface area contributed by atoms with Crippen LogP contribution in [0.5, 0.6) is 0 Å². The van der Waals surface area contributed by atoms with Crippen LogP contribution in [0.25, 0.3) is 28.0 Å². The zero-order chi connectivity index (χ0) is 37.1. The lowest BCUT2D eigenvalue weighted by atomic mass is 9.77. The largest absolute Gasteiger partial charge is 0.511 e. The molecule has 8 rings (SSSR count). The Balaban J connectivity index is 1.23. The molecule has 0 aliphatic carbocycles. The molecule has 11 heteroatoms. The number of unbranched alkanes of at least 4 members (excludes halogenated alkanes) is 1. The standard InChI is InChI=1S/C43H37BrN7O2P/c1-2-3-26-40-45-41(44)39(30-54(52)53)50(40)29-31-16-15-25-37-35(31)27-28-49(37)38-24-14-13-23-36(38)42-46-48-51(47-42)43(32-17-7-4-8-18-32,33-19-9-5-10-20-33)34-21-11-6-12-22-34/h4-25,27-28H,2-3,26,29-30H2,1H3/p+1. The summed E-state index contributed by atoms with van der Waals surface area (Å²) in [5.41, 5.74) is 6.75. The maximum absolute atomic E-state index is 12.0. The maximum Gasteiger partial charge on any atom is 0.511 e. The summed E-state index contributed by atoms with van der Waals surface area (Å²) in [4.78, 5) is 16.4. The number of aromatic nitrogens is 7. The fraction of sp³-hybridized carbons (Fsp3) is 0.163. The average Bonchev–Trinajstić information content (AvgIpc) is 3.94. The summed E-state index contributed by atoms with van der Waals surface area (Å²) in [5.74, 6) is 1.41. The van der Waals surface area contributed by atoms with Gasteiger partial charge in [-0.25, -0.2) is 4.98 Å². The lowest BCUT2D eigenvalue weighted by Crippen LogP contribution is -2.39. The first-order valence-corrected chi connectivity index (χ1v) is 20.2. The highest BCUT2D eigenvalue weighted by atomic mass is 79.9. The Morgan fingerprint density at radius 2 is 1.41 bits per heavy atom. The number of tetrazole rings is 1. The van der Waals surface area contributed by atoms with E-state index in [2.05, 4.69) is 105 Å². The first kappa shape index (κ1) is 35.5. The molecule has 0 amide bonds. The van der Waals surface area contributed by atoms with Crippen molar-refractivity contribution < 1.29 is 9.46 Å². The molecule has 0 fully saturated rings. The third kappa shape index (κ3) is 6.51. The molecule has 1 unspecified atom stereocenters. The maximum atomic E-state index is 12.0. The molecule has 0 aliphatic heterocycles. The Bertz CT molecular complexity index is 2450. The Labute approximate surface area is 323 Å². The van der Waals surface area contributed by atoms with E-state index < -0.39 is 13.6 Å². The van der Waals surface area contributed by atoms with Crippen molar-refractivity contribution >= 4 is 34.9 Å². The van der Waals surface area contributed by atoms with Crippen molar-refractivity contribution in [3.8, 4) is 17.1 Å². The molecule has 0 bridgehead atoms. The normalized spacial score (nSPS) is 12.0. The van der Waals surface area contributed by atoms with Gasteiger partial charge in [0, 0.05) is 30.1 Å². The van der Waals surface area contributed by atoms with E-state index in [4.69, 9.17) is 20.4 Å². The minimum absolute atomic E-state index is 0.0349. The molecule has 1 N–H and O–H groups in total. The highest BCUT2D eigenvalue weighted by molar-refractivity contribution is 9.10. The predicted molar refractivity (Wildman–Crippen MR) is 216 cm³/mol. The number of aryl methyl sites for hydroxylation is 1. The summed E-state index contributed by atoms with van der Waals surface area (Å²) >= 11 is 3.58. The van der Waals surface area contributed by atoms with E-state index in [0.717, 1.165) is 75.2 Å². The van der Waals surface area contributed by atoms with Gasteiger partial charge in [-0.05, 0) is 78.6 Å². The summed E-state index contributed by atoms with van der Waals surface area (Å²) in [5, 5.41) is 15.8. The summed E-state index contributed by atoms with van der Waals surface area (Å²) in [7, 11) is -2.38. The smallest absolute Gasteiger partial charge is 0.323 e. The minimum Gasteiger partial charge on any atom is -0.323 e. The van der Waals surface area contributed by atoms with Crippen LogP contribution in [-0.4, -0.2) is 39.2 Å². The number of hydrogen-bond acceptors (Lipinski definition) is 5. The van der Waals surface area contributed by atoms with Gasteiger partial charge in [-0.15, -0.1) is 15.0 Å². The van der Waals surface area contributed by atoms with Gasteiger partial charge in [0.15, 0.2) is 5.54 Å². The number of rotatable bonds is 13. The minimum atomic E-state index is -2.38. The third-order valence-electron chi connectivity index (χ3n) is 9.99. The van der Waals surface area contributed by atoms with Crippen molar-refractivity contribution in [1.82, 2.24) is 34.3 Å². The van der Waals surface area contributed by atoms with Gasteiger partial charge in [-0.3, -0.25) is 0 Å². The van der Waals surface area contributed by atoms with Gasteiger partial charge in [0.2, 0.25) is 12.0 Å². The lowest BCUT2D eigenvalue weighted by Gasteiger charge is -2.34. The number of para-hydroxylation sites is 1. The number of hydrogen-bond donors (Lipinski definition) is 1.